The number of fused-ring (bicyclic) bond motifs is 5. The number of amides is 1. The number of carbonyl (C=O) groups excluding carboxylic acids is 2. The van der Waals surface area contributed by atoms with E-state index < -0.39 is 10.8 Å². The lowest BCUT2D eigenvalue weighted by atomic mass is 9.50. The van der Waals surface area contributed by atoms with E-state index in [1.807, 2.05) is 20.0 Å². The molecule has 4 aliphatic carbocycles. The van der Waals surface area contributed by atoms with Crippen LogP contribution in [-0.4, -0.2) is 47.0 Å². The average molecular weight is 538 g/mol. The molecule has 1 spiro atoms. The summed E-state index contributed by atoms with van der Waals surface area (Å²) >= 11 is 0. The number of aryl methyl sites for hydroxylation is 2. The molecular formula is C32H47N3O4. The van der Waals surface area contributed by atoms with Crippen molar-refractivity contribution in [1.82, 2.24) is 9.78 Å². The Bertz CT molecular complexity index is 1260. The number of ketones is 1. The van der Waals surface area contributed by atoms with Gasteiger partial charge in [-0.1, -0.05) is 40.7 Å². The molecule has 1 aliphatic heterocycles. The van der Waals surface area contributed by atoms with Gasteiger partial charge in [-0.3, -0.25) is 14.4 Å². The highest BCUT2D eigenvalue weighted by Crippen LogP contribution is 2.76. The second-order valence-electron chi connectivity index (χ2n) is 15.1. The summed E-state index contributed by atoms with van der Waals surface area (Å²) in [6.07, 6.45) is 4.21. The Morgan fingerprint density at radius 3 is 2.51 bits per heavy atom. The van der Waals surface area contributed by atoms with Crippen LogP contribution < -0.4 is 4.90 Å². The third kappa shape index (κ3) is 3.47. The van der Waals surface area contributed by atoms with E-state index in [1.54, 1.807) is 16.6 Å². The van der Waals surface area contributed by atoms with E-state index in [9.17, 15) is 4.79 Å². The summed E-state index contributed by atoms with van der Waals surface area (Å²) in [4.78, 5) is 30.4. The van der Waals surface area contributed by atoms with Crippen LogP contribution in [0.3, 0.4) is 0 Å². The molecule has 6 rings (SSSR count). The lowest BCUT2D eigenvalue weighted by molar-refractivity contribution is -0.158. The summed E-state index contributed by atoms with van der Waals surface area (Å²) < 4.78 is 14.7. The van der Waals surface area contributed by atoms with E-state index in [0.29, 0.717) is 30.0 Å². The monoisotopic (exact) mass is 537 g/mol. The highest BCUT2D eigenvalue weighted by Gasteiger charge is 2.76. The third-order valence-corrected chi connectivity index (χ3v) is 12.1. The van der Waals surface area contributed by atoms with Crippen molar-refractivity contribution in [3.05, 3.63) is 23.4 Å². The zero-order chi connectivity index (χ0) is 28.4. The molecule has 3 saturated carbocycles. The third-order valence-electron chi connectivity index (χ3n) is 12.1. The molecule has 7 nitrogen and oxygen atoms in total. The SMILES string of the molecule is Cc1cc(N(C)C(=O)O[C@H]2C(C)C[C@]34C(=O)[C@@H](C=C5COC(C)(C)C[C@H]5[C@]23C)C2[C@@H](C[C@H]4C)C2(C)C)n(C)n1. The minimum Gasteiger partial charge on any atom is -0.445 e. The van der Waals surface area contributed by atoms with Crippen LogP contribution in [0.25, 0.3) is 0 Å². The van der Waals surface area contributed by atoms with Gasteiger partial charge in [-0.2, -0.15) is 5.10 Å². The zero-order valence-electron chi connectivity index (χ0n) is 25.5. The summed E-state index contributed by atoms with van der Waals surface area (Å²) in [5.74, 6) is 2.35. The molecule has 2 bridgehead atoms. The van der Waals surface area contributed by atoms with E-state index in [2.05, 4.69) is 59.6 Å². The summed E-state index contributed by atoms with van der Waals surface area (Å²) in [5.41, 5.74) is 0.906. The Morgan fingerprint density at radius 1 is 1.18 bits per heavy atom. The van der Waals surface area contributed by atoms with Gasteiger partial charge in [0, 0.05) is 36.9 Å². The lowest BCUT2D eigenvalue weighted by Crippen LogP contribution is -2.58. The topological polar surface area (TPSA) is 73.7 Å². The first-order valence-corrected chi connectivity index (χ1v) is 14.9. The molecule has 1 amide bonds. The van der Waals surface area contributed by atoms with Gasteiger partial charge in [0.2, 0.25) is 0 Å². The van der Waals surface area contributed by atoms with Crippen LogP contribution in [0.5, 0.6) is 0 Å². The molecule has 4 fully saturated rings. The summed E-state index contributed by atoms with van der Waals surface area (Å²) in [5, 5.41) is 4.42. The van der Waals surface area contributed by atoms with Crippen LogP contribution in [0.2, 0.25) is 0 Å². The van der Waals surface area contributed by atoms with E-state index in [4.69, 9.17) is 9.47 Å². The van der Waals surface area contributed by atoms with Gasteiger partial charge < -0.3 is 9.47 Å². The molecule has 7 heteroatoms. The van der Waals surface area contributed by atoms with Crippen LogP contribution in [0.1, 0.15) is 73.4 Å². The second-order valence-corrected chi connectivity index (χ2v) is 15.1. The number of hydrogen-bond donors (Lipinski definition) is 0. The lowest BCUT2D eigenvalue weighted by Gasteiger charge is -2.55. The molecule has 0 radical (unpaired) electrons. The van der Waals surface area contributed by atoms with E-state index in [0.717, 1.165) is 25.0 Å². The number of nitrogens with zero attached hydrogens (tertiary/aromatic N) is 3. The zero-order valence-corrected chi connectivity index (χ0v) is 25.5. The van der Waals surface area contributed by atoms with E-state index >= 15 is 4.79 Å². The molecule has 2 heterocycles. The molecule has 1 aromatic rings. The number of rotatable bonds is 2. The molecule has 0 aromatic carbocycles. The molecule has 0 N–H and O–H groups in total. The summed E-state index contributed by atoms with van der Waals surface area (Å²) in [6.45, 7) is 18.3. The molecule has 2 unspecified atom stereocenters. The van der Waals surface area contributed by atoms with Crippen molar-refractivity contribution in [2.45, 2.75) is 86.4 Å². The fourth-order valence-electron chi connectivity index (χ4n) is 10.2. The summed E-state index contributed by atoms with van der Waals surface area (Å²) in [6, 6.07) is 1.89. The highest BCUT2D eigenvalue weighted by atomic mass is 16.6. The second kappa shape index (κ2) is 8.20. The van der Waals surface area contributed by atoms with Crippen LogP contribution in [0, 0.1) is 58.7 Å². The van der Waals surface area contributed by atoms with Crippen molar-refractivity contribution < 1.29 is 19.1 Å². The van der Waals surface area contributed by atoms with Gasteiger partial charge in [0.25, 0.3) is 0 Å². The molecule has 39 heavy (non-hydrogen) atoms. The maximum Gasteiger partial charge on any atom is 0.415 e. The van der Waals surface area contributed by atoms with Gasteiger partial charge in [0.05, 0.1) is 17.9 Å². The Labute approximate surface area is 233 Å². The molecule has 214 valence electrons. The minimum atomic E-state index is -0.538. The fourth-order valence-corrected chi connectivity index (χ4v) is 10.2. The highest BCUT2D eigenvalue weighted by molar-refractivity contribution is 5.93. The molecule has 1 aromatic heterocycles. The van der Waals surface area contributed by atoms with Crippen molar-refractivity contribution in [1.29, 1.82) is 0 Å². The molecule has 1 saturated heterocycles. The first-order valence-electron chi connectivity index (χ1n) is 14.9. The van der Waals surface area contributed by atoms with Crippen LogP contribution in [0.15, 0.2) is 17.7 Å². The summed E-state index contributed by atoms with van der Waals surface area (Å²) in [7, 11) is 3.59. The van der Waals surface area contributed by atoms with Gasteiger partial charge in [-0.15, -0.1) is 0 Å². The van der Waals surface area contributed by atoms with Crippen molar-refractivity contribution in [3.63, 3.8) is 0 Å². The number of Topliss-reactive ketones (excluding diaryl/α,β-unsaturated/α-hetero) is 1. The Kier molecular flexibility index (Phi) is 5.69. The van der Waals surface area contributed by atoms with Gasteiger partial charge >= 0.3 is 6.09 Å². The number of hydrogen-bond acceptors (Lipinski definition) is 5. The first kappa shape index (κ1) is 27.0. The van der Waals surface area contributed by atoms with Crippen LogP contribution in [-0.2, 0) is 21.3 Å². The number of aromatic nitrogens is 2. The van der Waals surface area contributed by atoms with Crippen molar-refractivity contribution in [2.75, 3.05) is 18.6 Å². The smallest absolute Gasteiger partial charge is 0.415 e. The predicted octanol–water partition coefficient (Wildman–Crippen LogP) is 5.95. The number of allylic oxidation sites excluding steroid dienone is 1. The van der Waals surface area contributed by atoms with Crippen molar-refractivity contribution >= 4 is 17.7 Å². The quantitative estimate of drug-likeness (QED) is 0.436. The number of ether oxygens (including phenoxy) is 2. The Morgan fingerprint density at radius 2 is 1.87 bits per heavy atom. The van der Waals surface area contributed by atoms with Crippen molar-refractivity contribution in [3.8, 4) is 0 Å². The molecular weight excluding hydrogens is 490 g/mol. The van der Waals surface area contributed by atoms with Crippen LogP contribution >= 0.6 is 0 Å². The normalized spacial score (nSPS) is 43.3. The van der Waals surface area contributed by atoms with Gasteiger partial charge in [-0.25, -0.2) is 4.79 Å². The number of carbonyl (C=O) groups is 2. The average Bonchev–Trinajstić information content (AvgIpc) is 3.12. The molecule has 9 atom stereocenters. The van der Waals surface area contributed by atoms with Gasteiger partial charge in [0.1, 0.15) is 17.7 Å². The predicted molar refractivity (Wildman–Crippen MR) is 150 cm³/mol. The van der Waals surface area contributed by atoms with E-state index in [-0.39, 0.29) is 46.9 Å². The van der Waals surface area contributed by atoms with Crippen LogP contribution in [0.4, 0.5) is 10.6 Å². The van der Waals surface area contributed by atoms with Gasteiger partial charge in [0.15, 0.2) is 0 Å². The van der Waals surface area contributed by atoms with E-state index in [1.165, 1.54) is 5.57 Å². The van der Waals surface area contributed by atoms with Crippen molar-refractivity contribution in [2.24, 2.45) is 58.8 Å². The standard InChI is InChI=1S/C32H47N3O4/c1-17-14-32-18(2)11-22-25(30(22,6)7)21(26(32)36)13-20-16-38-29(4,5)15-23(20)31(32,8)27(17)39-28(37)34(9)24-12-19(3)33-35(24)10/h12-13,17-18,21-23,25,27H,11,14-16H2,1-10H3/t17?,18-,21+,22-,23-,25?,27+,31-,32+/m1/s1. The Balaban J connectivity index is 1.47. The Hall–Kier alpha value is -2.15. The maximum atomic E-state index is 15.0. The maximum absolute atomic E-state index is 15.0. The molecule has 5 aliphatic rings. The first-order chi connectivity index (χ1) is 18.1. The largest absolute Gasteiger partial charge is 0.445 e. The fraction of sp³-hybridized carbons (Fsp3) is 0.781. The minimum absolute atomic E-state index is 0.0698. The van der Waals surface area contributed by atoms with Gasteiger partial charge in [-0.05, 0) is 80.6 Å². The number of anilines is 1.